The first-order valence-electron chi connectivity index (χ1n) is 7.52. The summed E-state index contributed by atoms with van der Waals surface area (Å²) in [4.78, 5) is 28.4. The highest BCUT2D eigenvalue weighted by Crippen LogP contribution is 2.21. The number of carbonyl (C=O) groups is 2. The molecule has 1 atom stereocenters. The van der Waals surface area contributed by atoms with Crippen LogP contribution in [0.1, 0.15) is 37.0 Å². The lowest BCUT2D eigenvalue weighted by atomic mass is 10.2. The normalized spacial score (nSPS) is 12.0. The van der Waals surface area contributed by atoms with Crippen molar-refractivity contribution >= 4 is 11.8 Å². The highest BCUT2D eigenvalue weighted by atomic mass is 16.4. The molecule has 1 heterocycles. The van der Waals surface area contributed by atoms with Gasteiger partial charge in [0.05, 0.1) is 5.69 Å². The van der Waals surface area contributed by atoms with E-state index in [1.54, 1.807) is 13.8 Å². The molecule has 0 saturated heterocycles. The van der Waals surface area contributed by atoms with Crippen LogP contribution in [0.25, 0.3) is 11.5 Å². The molecular weight excluding hydrogens is 294 g/mol. The van der Waals surface area contributed by atoms with Crippen molar-refractivity contribution in [1.29, 1.82) is 0 Å². The summed E-state index contributed by atoms with van der Waals surface area (Å²) in [5, 5.41) is 5.37. The second-order valence-corrected chi connectivity index (χ2v) is 5.66. The van der Waals surface area contributed by atoms with Gasteiger partial charge in [-0.25, -0.2) is 4.98 Å². The smallest absolute Gasteiger partial charge is 0.289 e. The summed E-state index contributed by atoms with van der Waals surface area (Å²) in [6.45, 7) is 7.04. The van der Waals surface area contributed by atoms with Gasteiger partial charge < -0.3 is 15.1 Å². The molecule has 0 bridgehead atoms. The van der Waals surface area contributed by atoms with Crippen LogP contribution >= 0.6 is 0 Å². The van der Waals surface area contributed by atoms with E-state index in [9.17, 15) is 9.59 Å². The number of rotatable bonds is 5. The first kappa shape index (κ1) is 16.7. The van der Waals surface area contributed by atoms with E-state index in [4.69, 9.17) is 4.42 Å². The molecule has 2 aromatic rings. The first-order chi connectivity index (χ1) is 10.9. The Hall–Kier alpha value is -2.63. The third kappa shape index (κ3) is 4.18. The quantitative estimate of drug-likeness (QED) is 0.886. The van der Waals surface area contributed by atoms with Crippen molar-refractivity contribution in [2.45, 2.75) is 39.8 Å². The number of amides is 2. The second kappa shape index (κ2) is 7.09. The summed E-state index contributed by atoms with van der Waals surface area (Å²) in [5.74, 6) is -0.196. The Kier molecular flexibility index (Phi) is 5.16. The summed E-state index contributed by atoms with van der Waals surface area (Å²) in [6, 6.07) is 8.69. The number of carbonyl (C=O) groups excluding carboxylic acids is 2. The van der Waals surface area contributed by atoms with Crippen LogP contribution in [-0.2, 0) is 4.79 Å². The van der Waals surface area contributed by atoms with Gasteiger partial charge in [-0.05, 0) is 39.8 Å². The van der Waals surface area contributed by atoms with Crippen molar-refractivity contribution in [2.24, 2.45) is 0 Å². The van der Waals surface area contributed by atoms with Gasteiger partial charge in [0.25, 0.3) is 5.91 Å². The first-order valence-corrected chi connectivity index (χ1v) is 7.52. The summed E-state index contributed by atoms with van der Waals surface area (Å²) in [5.41, 5.74) is 1.28. The molecule has 122 valence electrons. The molecule has 0 saturated carbocycles. The molecular formula is C17H21N3O3. The molecule has 6 nitrogen and oxygen atoms in total. The van der Waals surface area contributed by atoms with Crippen molar-refractivity contribution in [1.82, 2.24) is 15.6 Å². The Morgan fingerprint density at radius 3 is 2.35 bits per heavy atom. The zero-order valence-corrected chi connectivity index (χ0v) is 13.7. The summed E-state index contributed by atoms with van der Waals surface area (Å²) in [7, 11) is 0. The second-order valence-electron chi connectivity index (χ2n) is 5.66. The third-order valence-corrected chi connectivity index (χ3v) is 3.20. The van der Waals surface area contributed by atoms with E-state index in [-0.39, 0.29) is 17.7 Å². The van der Waals surface area contributed by atoms with Crippen LogP contribution in [0.3, 0.4) is 0 Å². The molecule has 0 spiro atoms. The SMILES string of the molecule is Cc1nc(-c2ccccc2)oc1C(=O)NC(C)C(=O)NC(C)C. The zero-order valence-electron chi connectivity index (χ0n) is 13.7. The fourth-order valence-corrected chi connectivity index (χ4v) is 2.05. The van der Waals surface area contributed by atoms with Crippen LogP contribution < -0.4 is 10.6 Å². The Bertz CT molecular complexity index is 692. The van der Waals surface area contributed by atoms with Gasteiger partial charge in [0.1, 0.15) is 6.04 Å². The molecule has 6 heteroatoms. The van der Waals surface area contributed by atoms with Crippen molar-refractivity contribution in [3.8, 4) is 11.5 Å². The predicted molar refractivity (Wildman–Crippen MR) is 86.9 cm³/mol. The van der Waals surface area contributed by atoms with Crippen LogP contribution in [-0.4, -0.2) is 28.9 Å². The maximum absolute atomic E-state index is 12.3. The predicted octanol–water partition coefficient (Wildman–Crippen LogP) is 2.29. The third-order valence-electron chi connectivity index (χ3n) is 3.20. The lowest BCUT2D eigenvalue weighted by Gasteiger charge is -2.15. The number of nitrogens with zero attached hydrogens (tertiary/aromatic N) is 1. The maximum atomic E-state index is 12.3. The molecule has 1 aromatic heterocycles. The topological polar surface area (TPSA) is 84.2 Å². The van der Waals surface area contributed by atoms with Crippen LogP contribution in [0.15, 0.2) is 34.7 Å². The minimum atomic E-state index is -0.658. The number of nitrogens with one attached hydrogen (secondary N) is 2. The van der Waals surface area contributed by atoms with Crippen LogP contribution in [0.4, 0.5) is 0 Å². The molecule has 0 aliphatic heterocycles. The zero-order chi connectivity index (χ0) is 17.0. The number of aryl methyl sites for hydroxylation is 1. The highest BCUT2D eigenvalue weighted by Gasteiger charge is 2.22. The number of aromatic nitrogens is 1. The number of hydrogen-bond acceptors (Lipinski definition) is 4. The minimum Gasteiger partial charge on any atom is -0.431 e. The molecule has 0 aliphatic carbocycles. The van der Waals surface area contributed by atoms with E-state index >= 15 is 0 Å². The molecule has 1 unspecified atom stereocenters. The van der Waals surface area contributed by atoms with Gasteiger partial charge in [0.15, 0.2) is 0 Å². The Morgan fingerprint density at radius 1 is 1.09 bits per heavy atom. The maximum Gasteiger partial charge on any atom is 0.289 e. The Labute approximate surface area is 135 Å². The fraction of sp³-hybridized carbons (Fsp3) is 0.353. The molecule has 1 aromatic carbocycles. The average Bonchev–Trinajstić information content (AvgIpc) is 2.89. The van der Waals surface area contributed by atoms with Crippen molar-refractivity contribution < 1.29 is 14.0 Å². The standard InChI is InChI=1S/C17H21N3O3/c1-10(2)18-15(21)12(4)19-16(22)14-11(3)20-17(23-14)13-8-6-5-7-9-13/h5-10,12H,1-4H3,(H,18,21)(H,19,22). The van der Waals surface area contributed by atoms with E-state index in [0.717, 1.165) is 5.56 Å². The van der Waals surface area contributed by atoms with E-state index in [1.807, 2.05) is 44.2 Å². The molecule has 2 rings (SSSR count). The molecule has 0 aliphatic rings. The minimum absolute atomic E-state index is 0.0125. The lowest BCUT2D eigenvalue weighted by Crippen LogP contribution is -2.46. The van der Waals surface area contributed by atoms with Gasteiger partial charge in [-0.15, -0.1) is 0 Å². The van der Waals surface area contributed by atoms with E-state index in [2.05, 4.69) is 15.6 Å². The van der Waals surface area contributed by atoms with Gasteiger partial charge in [-0.1, -0.05) is 18.2 Å². The fourth-order valence-electron chi connectivity index (χ4n) is 2.05. The average molecular weight is 315 g/mol. The number of benzene rings is 1. The molecule has 23 heavy (non-hydrogen) atoms. The lowest BCUT2D eigenvalue weighted by molar-refractivity contribution is -0.123. The van der Waals surface area contributed by atoms with E-state index in [0.29, 0.717) is 11.6 Å². The van der Waals surface area contributed by atoms with Crippen molar-refractivity contribution in [3.05, 3.63) is 41.8 Å². The summed E-state index contributed by atoms with van der Waals surface area (Å²) in [6.07, 6.45) is 0. The molecule has 0 fully saturated rings. The van der Waals surface area contributed by atoms with E-state index in [1.165, 1.54) is 0 Å². The summed E-state index contributed by atoms with van der Waals surface area (Å²) >= 11 is 0. The van der Waals surface area contributed by atoms with Crippen LogP contribution in [0, 0.1) is 6.92 Å². The van der Waals surface area contributed by atoms with Gasteiger partial charge in [0, 0.05) is 11.6 Å². The largest absolute Gasteiger partial charge is 0.431 e. The van der Waals surface area contributed by atoms with Gasteiger partial charge in [0.2, 0.25) is 17.6 Å². The van der Waals surface area contributed by atoms with Gasteiger partial charge in [-0.3, -0.25) is 9.59 Å². The Morgan fingerprint density at radius 2 is 1.74 bits per heavy atom. The van der Waals surface area contributed by atoms with Gasteiger partial charge in [-0.2, -0.15) is 0 Å². The number of oxazole rings is 1. The molecule has 0 radical (unpaired) electrons. The number of hydrogen-bond donors (Lipinski definition) is 2. The van der Waals surface area contributed by atoms with E-state index < -0.39 is 11.9 Å². The Balaban J connectivity index is 2.11. The molecule has 2 amide bonds. The van der Waals surface area contributed by atoms with Gasteiger partial charge >= 0.3 is 0 Å². The molecule has 2 N–H and O–H groups in total. The summed E-state index contributed by atoms with van der Waals surface area (Å²) < 4.78 is 5.57. The van der Waals surface area contributed by atoms with Crippen molar-refractivity contribution in [3.63, 3.8) is 0 Å². The van der Waals surface area contributed by atoms with Crippen LogP contribution in [0.2, 0.25) is 0 Å². The van der Waals surface area contributed by atoms with Crippen molar-refractivity contribution in [2.75, 3.05) is 0 Å². The monoisotopic (exact) mass is 315 g/mol. The van der Waals surface area contributed by atoms with Crippen LogP contribution in [0.5, 0.6) is 0 Å². The highest BCUT2D eigenvalue weighted by molar-refractivity contribution is 5.96.